The highest BCUT2D eigenvalue weighted by molar-refractivity contribution is 8.01. The maximum atomic E-state index is 13.7. The van der Waals surface area contributed by atoms with Crippen LogP contribution in [0.25, 0.3) is 0 Å². The molecule has 1 atom stereocenters. The van der Waals surface area contributed by atoms with Crippen LogP contribution in [-0.2, 0) is 0 Å². The lowest BCUT2D eigenvalue weighted by atomic mass is 9.82. The van der Waals surface area contributed by atoms with Crippen LogP contribution in [0.2, 0.25) is 0 Å². The summed E-state index contributed by atoms with van der Waals surface area (Å²) in [5.74, 6) is -0.257. The van der Waals surface area contributed by atoms with E-state index in [2.05, 4.69) is 16.4 Å². The predicted molar refractivity (Wildman–Crippen MR) is 128 cm³/mol. The molecule has 154 valence electrons. The molecular formula is C27H19N2O2S+. The molecule has 6 rings (SSSR count). The Morgan fingerprint density at radius 2 is 1.62 bits per heavy atom. The lowest BCUT2D eigenvalue weighted by Gasteiger charge is -2.25. The quantitative estimate of drug-likeness (QED) is 0.494. The Morgan fingerprint density at radius 1 is 0.906 bits per heavy atom. The fraction of sp³-hybridized carbons (Fsp3) is 0.0741. The molecule has 0 saturated heterocycles. The van der Waals surface area contributed by atoms with E-state index in [1.807, 2.05) is 55.5 Å². The Morgan fingerprint density at radius 3 is 2.38 bits per heavy atom. The molecule has 2 aliphatic carbocycles. The molecule has 5 heteroatoms. The first-order valence-electron chi connectivity index (χ1n) is 10.5. The highest BCUT2D eigenvalue weighted by atomic mass is 32.2. The van der Waals surface area contributed by atoms with Crippen LogP contribution in [0.5, 0.6) is 0 Å². The molecule has 3 aromatic carbocycles. The predicted octanol–water partition coefficient (Wildman–Crippen LogP) is 4.27. The number of thioether (sulfide) groups is 1. The average Bonchev–Trinajstić information content (AvgIpc) is 2.82. The molecule has 0 spiro atoms. The number of benzene rings is 3. The molecule has 0 amide bonds. The van der Waals surface area contributed by atoms with E-state index in [0.717, 1.165) is 27.5 Å². The second-order valence-electron chi connectivity index (χ2n) is 8.10. The Bertz CT molecular complexity index is 1410. The second-order valence-corrected chi connectivity index (χ2v) is 9.29. The van der Waals surface area contributed by atoms with Crippen molar-refractivity contribution in [1.82, 2.24) is 0 Å². The first kappa shape index (κ1) is 19.0. The van der Waals surface area contributed by atoms with Gasteiger partial charge in [-0.2, -0.15) is 0 Å². The van der Waals surface area contributed by atoms with E-state index in [1.165, 1.54) is 0 Å². The number of fused-ring (bicyclic) bond motifs is 5. The van der Waals surface area contributed by atoms with Crippen molar-refractivity contribution in [2.24, 2.45) is 0 Å². The molecule has 0 bridgehead atoms. The van der Waals surface area contributed by atoms with Gasteiger partial charge in [0.2, 0.25) is 11.5 Å². The van der Waals surface area contributed by atoms with Crippen molar-refractivity contribution in [1.29, 1.82) is 0 Å². The monoisotopic (exact) mass is 435 g/mol. The summed E-state index contributed by atoms with van der Waals surface area (Å²) in [6, 6.07) is 17.1. The molecule has 1 unspecified atom stereocenters. The number of ketones is 2. The van der Waals surface area contributed by atoms with E-state index in [9.17, 15) is 9.59 Å². The molecule has 1 heterocycles. The zero-order valence-electron chi connectivity index (χ0n) is 17.3. The Kier molecular flexibility index (Phi) is 4.26. The van der Waals surface area contributed by atoms with Crippen molar-refractivity contribution in [3.8, 4) is 0 Å². The van der Waals surface area contributed by atoms with Crippen LogP contribution in [0.4, 0.5) is 17.1 Å². The van der Waals surface area contributed by atoms with Gasteiger partial charge in [-0.15, -0.1) is 11.8 Å². The topological polar surface area (TPSA) is 60.1 Å². The lowest BCUT2D eigenvalue weighted by Crippen LogP contribution is -2.71. The summed E-state index contributed by atoms with van der Waals surface area (Å²) in [6.45, 7) is 2.03. The molecule has 1 aliphatic heterocycles. The van der Waals surface area contributed by atoms with E-state index in [1.54, 1.807) is 36.0 Å². The molecule has 0 fully saturated rings. The number of anilines is 2. The Labute approximate surface area is 189 Å². The standard InChI is InChI=1S/C27H18N2O2S/c1-15-10-12-16(13-11-15)28-20-14-22-25(29-19-8-4-5-9-21(19)32-22)24-23(20)26(30)17-6-2-3-7-18(17)27(24)31/h2-14,21,28H,1H3/p+1. The third-order valence-corrected chi connectivity index (χ3v) is 7.24. The molecule has 32 heavy (non-hydrogen) atoms. The van der Waals surface area contributed by atoms with Crippen molar-refractivity contribution in [2.45, 2.75) is 17.1 Å². The summed E-state index contributed by atoms with van der Waals surface area (Å²) in [7, 11) is 0. The van der Waals surface area contributed by atoms with Gasteiger partial charge in [0.05, 0.1) is 16.1 Å². The zero-order valence-corrected chi connectivity index (χ0v) is 18.1. The van der Waals surface area contributed by atoms with Crippen LogP contribution >= 0.6 is 11.8 Å². The van der Waals surface area contributed by atoms with Gasteiger partial charge in [-0.3, -0.25) is 9.59 Å². The van der Waals surface area contributed by atoms with Crippen LogP contribution in [0, 0.1) is 6.92 Å². The molecular weight excluding hydrogens is 416 g/mol. The van der Waals surface area contributed by atoms with E-state index in [4.69, 9.17) is 0 Å². The summed E-state index contributed by atoms with van der Waals surface area (Å²) in [5, 5.41) is 3.56. The SMILES string of the molecule is Cc1ccc(Nc2cc3c(c4c2C(=O)c2ccccc2C4=O)[NH+]=C2C=CC=CC2S3)cc1. The van der Waals surface area contributed by atoms with Gasteiger partial charge in [0.15, 0.2) is 11.5 Å². The average molecular weight is 436 g/mol. The number of nitrogens with one attached hydrogen (secondary N) is 2. The number of carbonyl (C=O) groups excluding carboxylic acids is 2. The number of rotatable bonds is 2. The first-order chi connectivity index (χ1) is 15.6. The summed E-state index contributed by atoms with van der Waals surface area (Å²) in [4.78, 5) is 31.7. The van der Waals surface area contributed by atoms with Crippen molar-refractivity contribution < 1.29 is 14.6 Å². The van der Waals surface area contributed by atoms with Crippen LogP contribution in [0.15, 0.2) is 83.8 Å². The molecule has 0 aromatic heterocycles. The van der Waals surface area contributed by atoms with Crippen molar-refractivity contribution in [3.05, 3.63) is 107 Å². The second kappa shape index (κ2) is 7.18. The fourth-order valence-electron chi connectivity index (χ4n) is 4.40. The number of hydrogen-bond acceptors (Lipinski definition) is 4. The van der Waals surface area contributed by atoms with E-state index < -0.39 is 0 Å². The lowest BCUT2D eigenvalue weighted by molar-refractivity contribution is -0.358. The number of allylic oxidation sites excluding steroid dienone is 3. The highest BCUT2D eigenvalue weighted by Crippen LogP contribution is 2.43. The Balaban J connectivity index is 1.60. The largest absolute Gasteiger partial charge is 0.355 e. The van der Waals surface area contributed by atoms with Crippen molar-refractivity contribution in [3.63, 3.8) is 0 Å². The van der Waals surface area contributed by atoms with Gasteiger partial charge in [-0.05, 0) is 25.1 Å². The Hall–Kier alpha value is -3.70. The van der Waals surface area contributed by atoms with E-state index >= 15 is 0 Å². The first-order valence-corrected chi connectivity index (χ1v) is 11.4. The summed E-state index contributed by atoms with van der Waals surface area (Å²) in [5.41, 5.74) is 6.20. The number of hydrogen-bond donors (Lipinski definition) is 2. The van der Waals surface area contributed by atoms with Crippen LogP contribution in [-0.4, -0.2) is 22.5 Å². The maximum absolute atomic E-state index is 13.7. The van der Waals surface area contributed by atoms with Crippen molar-refractivity contribution in [2.75, 3.05) is 5.32 Å². The minimum absolute atomic E-state index is 0.124. The van der Waals surface area contributed by atoms with E-state index in [0.29, 0.717) is 27.9 Å². The molecule has 3 aromatic rings. The third kappa shape index (κ3) is 2.89. The van der Waals surface area contributed by atoms with Gasteiger partial charge in [0, 0.05) is 22.9 Å². The van der Waals surface area contributed by atoms with Crippen LogP contribution in [0.1, 0.15) is 37.4 Å². The van der Waals surface area contributed by atoms with Gasteiger partial charge in [-0.1, -0.05) is 60.2 Å². The number of carbonyl (C=O) groups is 2. The van der Waals surface area contributed by atoms with Gasteiger partial charge in [0.25, 0.3) is 0 Å². The van der Waals surface area contributed by atoms with Gasteiger partial charge in [-0.25, -0.2) is 4.99 Å². The molecule has 4 nitrogen and oxygen atoms in total. The minimum atomic E-state index is -0.134. The van der Waals surface area contributed by atoms with Crippen molar-refractivity contribution >= 4 is 46.1 Å². The minimum Gasteiger partial charge on any atom is -0.355 e. The normalized spacial score (nSPS) is 17.8. The summed E-state index contributed by atoms with van der Waals surface area (Å²) in [6.07, 6.45) is 8.16. The molecule has 0 saturated carbocycles. The summed E-state index contributed by atoms with van der Waals surface area (Å²) < 4.78 is 0. The molecule has 3 aliphatic rings. The zero-order chi connectivity index (χ0) is 21.8. The van der Waals surface area contributed by atoms with Crippen LogP contribution < -0.4 is 10.3 Å². The highest BCUT2D eigenvalue weighted by Gasteiger charge is 2.40. The molecule has 0 radical (unpaired) electrons. The molecule has 2 N–H and O–H groups in total. The smallest absolute Gasteiger partial charge is 0.229 e. The summed E-state index contributed by atoms with van der Waals surface area (Å²) >= 11 is 1.68. The van der Waals surface area contributed by atoms with Gasteiger partial charge >= 0.3 is 0 Å². The third-order valence-electron chi connectivity index (χ3n) is 5.99. The van der Waals surface area contributed by atoms with Gasteiger partial charge < -0.3 is 5.32 Å². The van der Waals surface area contributed by atoms with E-state index in [-0.39, 0.29) is 16.8 Å². The van der Waals surface area contributed by atoms with Crippen LogP contribution in [0.3, 0.4) is 0 Å². The van der Waals surface area contributed by atoms with Gasteiger partial charge in [0.1, 0.15) is 10.8 Å². The maximum Gasteiger partial charge on any atom is 0.229 e. The number of aryl methyl sites for hydroxylation is 1. The fourth-order valence-corrected chi connectivity index (χ4v) is 5.56.